The van der Waals surface area contributed by atoms with Crippen molar-refractivity contribution in [2.24, 2.45) is 0 Å². The fourth-order valence-corrected chi connectivity index (χ4v) is 2.99. The van der Waals surface area contributed by atoms with E-state index in [9.17, 15) is 18.0 Å². The summed E-state index contributed by atoms with van der Waals surface area (Å²) in [5.74, 6) is -1.69. The third kappa shape index (κ3) is 3.43. The number of nitrogens with zero attached hydrogens (tertiary/aromatic N) is 2. The number of fused-ring (bicyclic) bond motifs is 1. The van der Waals surface area contributed by atoms with Gasteiger partial charge in [0.15, 0.2) is 0 Å². The van der Waals surface area contributed by atoms with Crippen molar-refractivity contribution >= 4 is 5.91 Å². The fraction of sp³-hybridized carbons (Fsp3) is 0.158. The van der Waals surface area contributed by atoms with Gasteiger partial charge in [0.05, 0.1) is 12.2 Å². The molecule has 3 aromatic rings. The van der Waals surface area contributed by atoms with E-state index in [1.165, 1.54) is 16.8 Å². The van der Waals surface area contributed by atoms with Crippen LogP contribution in [0.2, 0.25) is 0 Å². The topological polar surface area (TPSA) is 59.0 Å². The number of nitrogens with one attached hydrogen (secondary N) is 2. The number of halogens is 3. The molecule has 0 saturated heterocycles. The van der Waals surface area contributed by atoms with Gasteiger partial charge in [-0.15, -0.1) is 0 Å². The molecule has 2 heterocycles. The van der Waals surface area contributed by atoms with Gasteiger partial charge in [0, 0.05) is 17.7 Å². The van der Waals surface area contributed by atoms with Crippen LogP contribution in [0.15, 0.2) is 48.5 Å². The first-order chi connectivity index (χ1) is 13.0. The summed E-state index contributed by atoms with van der Waals surface area (Å²) in [4.78, 5) is 12.1. The van der Waals surface area contributed by atoms with E-state index in [-0.39, 0.29) is 30.4 Å². The molecule has 27 heavy (non-hydrogen) atoms. The smallest absolute Gasteiger partial charge is 0.269 e. The van der Waals surface area contributed by atoms with E-state index in [4.69, 9.17) is 0 Å². The molecule has 5 nitrogen and oxygen atoms in total. The van der Waals surface area contributed by atoms with Crippen molar-refractivity contribution in [3.05, 3.63) is 77.2 Å². The monoisotopic (exact) mass is 372 g/mol. The van der Waals surface area contributed by atoms with E-state index in [1.807, 2.05) is 0 Å². The number of aromatic nitrogens is 2. The van der Waals surface area contributed by atoms with Crippen molar-refractivity contribution < 1.29 is 18.0 Å². The van der Waals surface area contributed by atoms with Crippen LogP contribution in [0, 0.1) is 17.5 Å². The van der Waals surface area contributed by atoms with Gasteiger partial charge in [-0.2, -0.15) is 5.10 Å². The highest BCUT2D eigenvalue weighted by molar-refractivity contribution is 5.94. The van der Waals surface area contributed by atoms with E-state index < -0.39 is 17.8 Å². The van der Waals surface area contributed by atoms with Crippen molar-refractivity contribution in [2.75, 3.05) is 6.54 Å². The van der Waals surface area contributed by atoms with Crippen LogP contribution in [0.25, 0.3) is 11.3 Å². The van der Waals surface area contributed by atoms with Gasteiger partial charge in [0.1, 0.15) is 29.3 Å². The van der Waals surface area contributed by atoms with Crippen molar-refractivity contribution in [1.82, 2.24) is 20.4 Å². The van der Waals surface area contributed by atoms with Gasteiger partial charge in [0.25, 0.3) is 5.91 Å². The van der Waals surface area contributed by atoms with Gasteiger partial charge in [-0.1, -0.05) is 0 Å². The summed E-state index contributed by atoms with van der Waals surface area (Å²) in [5.41, 5.74) is 1.70. The van der Waals surface area contributed by atoms with E-state index in [2.05, 4.69) is 15.7 Å². The summed E-state index contributed by atoms with van der Waals surface area (Å²) in [6.45, 7) is 0.308. The van der Waals surface area contributed by atoms with Gasteiger partial charge in [-0.3, -0.25) is 10.1 Å². The molecular weight excluding hydrogens is 357 g/mol. The summed E-state index contributed by atoms with van der Waals surface area (Å²) in [7, 11) is 0. The van der Waals surface area contributed by atoms with Gasteiger partial charge in [-0.25, -0.2) is 17.9 Å². The summed E-state index contributed by atoms with van der Waals surface area (Å²) in [6.07, 6.45) is -0.436. The molecule has 2 aromatic carbocycles. The molecule has 1 aliphatic rings. The highest BCUT2D eigenvalue weighted by Gasteiger charge is 2.27. The molecule has 0 spiro atoms. The van der Waals surface area contributed by atoms with E-state index in [0.29, 0.717) is 17.0 Å². The zero-order chi connectivity index (χ0) is 19.0. The Balaban J connectivity index is 1.60. The second kappa shape index (κ2) is 6.88. The zero-order valence-corrected chi connectivity index (χ0v) is 14.0. The first-order valence-corrected chi connectivity index (χ1v) is 8.32. The quantitative estimate of drug-likeness (QED) is 0.740. The first kappa shape index (κ1) is 17.3. The Morgan fingerprint density at radius 2 is 1.81 bits per heavy atom. The van der Waals surface area contributed by atoms with Crippen LogP contribution in [-0.4, -0.2) is 22.2 Å². The predicted octanol–water partition coefficient (Wildman–Crippen LogP) is 3.00. The number of hydrogen-bond acceptors (Lipinski definition) is 3. The number of amides is 1. The standard InChI is InChI=1S/C19H15F3N4O/c20-13-3-1-11(2-4-13)16-8-17-19(27)24-10-18(26(17)25-16)23-9-12-7-14(21)5-6-15(12)22/h1-8,18,23H,9-10H2,(H,24,27)/t18-/m0/s1. The largest absolute Gasteiger partial charge is 0.347 e. The molecule has 0 radical (unpaired) electrons. The van der Waals surface area contributed by atoms with Gasteiger partial charge in [0.2, 0.25) is 0 Å². The van der Waals surface area contributed by atoms with E-state index in [1.54, 1.807) is 18.2 Å². The number of rotatable bonds is 4. The van der Waals surface area contributed by atoms with Crippen LogP contribution in [0.1, 0.15) is 22.2 Å². The maximum atomic E-state index is 13.8. The Morgan fingerprint density at radius 3 is 2.59 bits per heavy atom. The Morgan fingerprint density at radius 1 is 1.07 bits per heavy atom. The molecule has 138 valence electrons. The summed E-state index contributed by atoms with van der Waals surface area (Å²) in [6, 6.07) is 10.6. The molecule has 1 aromatic heterocycles. The Labute approximate surface area is 152 Å². The van der Waals surface area contributed by atoms with Crippen LogP contribution in [-0.2, 0) is 6.54 Å². The molecule has 0 saturated carbocycles. The number of hydrogen-bond donors (Lipinski definition) is 2. The Hall–Kier alpha value is -3.13. The average Bonchev–Trinajstić information content (AvgIpc) is 3.11. The predicted molar refractivity (Wildman–Crippen MR) is 92.2 cm³/mol. The molecule has 0 aliphatic carbocycles. The van der Waals surface area contributed by atoms with Crippen LogP contribution >= 0.6 is 0 Å². The number of benzene rings is 2. The molecule has 0 unspecified atom stereocenters. The van der Waals surface area contributed by atoms with Crippen LogP contribution in [0.4, 0.5) is 13.2 Å². The second-order valence-corrected chi connectivity index (χ2v) is 6.21. The third-order valence-corrected chi connectivity index (χ3v) is 4.40. The summed E-state index contributed by atoms with van der Waals surface area (Å²) < 4.78 is 41.8. The van der Waals surface area contributed by atoms with E-state index in [0.717, 1.165) is 18.2 Å². The fourth-order valence-electron chi connectivity index (χ4n) is 2.99. The van der Waals surface area contributed by atoms with Crippen molar-refractivity contribution in [1.29, 1.82) is 0 Å². The van der Waals surface area contributed by atoms with Crippen LogP contribution in [0.5, 0.6) is 0 Å². The lowest BCUT2D eigenvalue weighted by atomic mass is 10.1. The Bertz CT molecular complexity index is 1000. The molecule has 2 N–H and O–H groups in total. The lowest BCUT2D eigenvalue weighted by molar-refractivity contribution is 0.0900. The third-order valence-electron chi connectivity index (χ3n) is 4.40. The van der Waals surface area contributed by atoms with E-state index >= 15 is 0 Å². The molecule has 1 amide bonds. The molecule has 1 aliphatic heterocycles. The lowest BCUT2D eigenvalue weighted by Crippen LogP contribution is -2.45. The zero-order valence-electron chi connectivity index (χ0n) is 14.0. The van der Waals surface area contributed by atoms with Crippen molar-refractivity contribution in [3.63, 3.8) is 0 Å². The van der Waals surface area contributed by atoms with Crippen molar-refractivity contribution in [3.8, 4) is 11.3 Å². The number of carbonyl (C=O) groups is 1. The maximum Gasteiger partial charge on any atom is 0.269 e. The van der Waals surface area contributed by atoms with Crippen LogP contribution < -0.4 is 10.6 Å². The molecule has 4 rings (SSSR count). The molecule has 0 fully saturated rings. The normalized spacial score (nSPS) is 16.1. The molecular formula is C19H15F3N4O. The SMILES string of the molecule is O=C1NC[C@@H](NCc2cc(F)ccc2F)n2nc(-c3ccc(F)cc3)cc21. The minimum absolute atomic E-state index is 0.0648. The first-order valence-electron chi connectivity index (χ1n) is 8.32. The summed E-state index contributed by atoms with van der Waals surface area (Å²) >= 11 is 0. The van der Waals surface area contributed by atoms with Crippen molar-refractivity contribution in [2.45, 2.75) is 12.7 Å². The highest BCUT2D eigenvalue weighted by Crippen LogP contribution is 2.23. The van der Waals surface area contributed by atoms with Crippen LogP contribution in [0.3, 0.4) is 0 Å². The lowest BCUT2D eigenvalue weighted by Gasteiger charge is -2.26. The number of carbonyl (C=O) groups excluding carboxylic acids is 1. The molecule has 0 bridgehead atoms. The minimum atomic E-state index is -0.525. The van der Waals surface area contributed by atoms with Gasteiger partial charge in [-0.05, 0) is 48.5 Å². The highest BCUT2D eigenvalue weighted by atomic mass is 19.1. The molecule has 8 heteroatoms. The molecule has 1 atom stereocenters. The average molecular weight is 372 g/mol. The van der Waals surface area contributed by atoms with Gasteiger partial charge < -0.3 is 5.32 Å². The summed E-state index contributed by atoms with van der Waals surface area (Å²) in [5, 5.41) is 10.2. The maximum absolute atomic E-state index is 13.8. The van der Waals surface area contributed by atoms with Gasteiger partial charge >= 0.3 is 0 Å². The Kier molecular flexibility index (Phi) is 4.41. The minimum Gasteiger partial charge on any atom is -0.347 e. The second-order valence-electron chi connectivity index (χ2n) is 6.21.